The molecule has 1 aliphatic rings. The molecular weight excluding hydrogens is 296 g/mol. The highest BCUT2D eigenvalue weighted by molar-refractivity contribution is 5.76. The van der Waals surface area contributed by atoms with Crippen molar-refractivity contribution in [2.24, 2.45) is 0 Å². The van der Waals surface area contributed by atoms with Crippen LogP contribution in [0.5, 0.6) is 17.2 Å². The van der Waals surface area contributed by atoms with Gasteiger partial charge in [0.2, 0.25) is 11.7 Å². The fourth-order valence-electron chi connectivity index (χ4n) is 2.83. The number of hydrogen-bond acceptors (Lipinski definition) is 5. The molecule has 0 aliphatic carbocycles. The molecule has 0 saturated carbocycles. The van der Waals surface area contributed by atoms with Gasteiger partial charge in [-0.15, -0.1) is 0 Å². The average molecular weight is 322 g/mol. The van der Waals surface area contributed by atoms with Gasteiger partial charge in [0.25, 0.3) is 0 Å². The molecule has 1 fully saturated rings. The van der Waals surface area contributed by atoms with Gasteiger partial charge < -0.3 is 24.8 Å². The van der Waals surface area contributed by atoms with Crippen molar-refractivity contribution < 1.29 is 19.0 Å². The van der Waals surface area contributed by atoms with Gasteiger partial charge in [0.1, 0.15) is 0 Å². The molecule has 1 aromatic rings. The molecule has 0 bridgehead atoms. The van der Waals surface area contributed by atoms with E-state index in [0.717, 1.165) is 18.5 Å². The Hall–Kier alpha value is -1.95. The Morgan fingerprint density at radius 1 is 1.22 bits per heavy atom. The van der Waals surface area contributed by atoms with E-state index < -0.39 is 0 Å². The Morgan fingerprint density at radius 2 is 1.91 bits per heavy atom. The quantitative estimate of drug-likeness (QED) is 0.764. The number of hydrogen-bond donors (Lipinski definition) is 2. The van der Waals surface area contributed by atoms with E-state index in [-0.39, 0.29) is 5.91 Å². The van der Waals surface area contributed by atoms with Crippen molar-refractivity contribution in [2.45, 2.75) is 38.3 Å². The first-order valence-corrected chi connectivity index (χ1v) is 7.97. The number of methoxy groups -OCH3 is 3. The molecule has 6 heteroatoms. The highest BCUT2D eigenvalue weighted by atomic mass is 16.5. The second-order valence-electron chi connectivity index (χ2n) is 5.64. The molecule has 1 unspecified atom stereocenters. The van der Waals surface area contributed by atoms with Crippen LogP contribution < -0.4 is 24.8 Å². The van der Waals surface area contributed by atoms with E-state index in [1.165, 1.54) is 12.8 Å². The molecule has 128 valence electrons. The highest BCUT2D eigenvalue weighted by Gasteiger charge is 2.16. The molecule has 1 heterocycles. The van der Waals surface area contributed by atoms with Crippen LogP contribution in [0.25, 0.3) is 0 Å². The first kappa shape index (κ1) is 17.4. The van der Waals surface area contributed by atoms with Crippen LogP contribution in [0, 0.1) is 0 Å². The summed E-state index contributed by atoms with van der Waals surface area (Å²) in [7, 11) is 4.72. The second-order valence-corrected chi connectivity index (χ2v) is 5.64. The van der Waals surface area contributed by atoms with Gasteiger partial charge in [0.05, 0.1) is 21.3 Å². The first-order chi connectivity index (χ1) is 11.2. The summed E-state index contributed by atoms with van der Waals surface area (Å²) in [6.45, 7) is 1.51. The van der Waals surface area contributed by atoms with E-state index >= 15 is 0 Å². The third-order valence-corrected chi connectivity index (χ3v) is 4.10. The monoisotopic (exact) mass is 322 g/mol. The molecule has 2 N–H and O–H groups in total. The number of ether oxygens (including phenoxy) is 3. The van der Waals surface area contributed by atoms with Gasteiger partial charge in [-0.05, 0) is 43.5 Å². The maximum absolute atomic E-state index is 12.0. The number of rotatable bonds is 8. The zero-order chi connectivity index (χ0) is 16.7. The summed E-state index contributed by atoms with van der Waals surface area (Å²) in [5, 5.41) is 6.35. The molecule has 1 atom stereocenters. The SMILES string of the molecule is COc1cc(CNC(=O)CCC2CCCN2)cc(OC)c1OC. The Kier molecular flexibility index (Phi) is 6.52. The number of amides is 1. The van der Waals surface area contributed by atoms with Gasteiger partial charge in [0.15, 0.2) is 11.5 Å². The smallest absolute Gasteiger partial charge is 0.220 e. The molecule has 0 radical (unpaired) electrons. The minimum absolute atomic E-state index is 0.0625. The lowest BCUT2D eigenvalue weighted by atomic mass is 10.1. The zero-order valence-electron chi connectivity index (χ0n) is 14.1. The number of benzene rings is 1. The van der Waals surface area contributed by atoms with Gasteiger partial charge in [-0.3, -0.25) is 4.79 Å². The normalized spacial score (nSPS) is 16.9. The predicted molar refractivity (Wildman–Crippen MR) is 88.2 cm³/mol. The molecule has 1 amide bonds. The Balaban J connectivity index is 1.90. The van der Waals surface area contributed by atoms with Crippen LogP contribution in [-0.2, 0) is 11.3 Å². The summed E-state index contributed by atoms with van der Waals surface area (Å²) in [4.78, 5) is 12.0. The predicted octanol–water partition coefficient (Wildman–Crippen LogP) is 1.86. The van der Waals surface area contributed by atoms with E-state index in [2.05, 4.69) is 10.6 Å². The average Bonchev–Trinajstić information content (AvgIpc) is 3.10. The number of carbonyl (C=O) groups excluding carboxylic acids is 1. The molecule has 1 aliphatic heterocycles. The van der Waals surface area contributed by atoms with Crippen LogP contribution in [0.4, 0.5) is 0 Å². The van der Waals surface area contributed by atoms with Gasteiger partial charge in [-0.1, -0.05) is 0 Å². The summed E-state index contributed by atoms with van der Waals surface area (Å²) >= 11 is 0. The minimum Gasteiger partial charge on any atom is -0.493 e. The van der Waals surface area contributed by atoms with Crippen LogP contribution >= 0.6 is 0 Å². The van der Waals surface area contributed by atoms with Crippen LogP contribution in [0.15, 0.2) is 12.1 Å². The van der Waals surface area contributed by atoms with Crippen molar-refractivity contribution in [1.29, 1.82) is 0 Å². The summed E-state index contributed by atoms with van der Waals surface area (Å²) in [6, 6.07) is 4.18. The summed E-state index contributed by atoms with van der Waals surface area (Å²) in [5.41, 5.74) is 0.909. The molecule has 1 saturated heterocycles. The second kappa shape index (κ2) is 8.62. The highest BCUT2D eigenvalue weighted by Crippen LogP contribution is 2.38. The van der Waals surface area contributed by atoms with Crippen molar-refractivity contribution in [3.63, 3.8) is 0 Å². The largest absolute Gasteiger partial charge is 0.493 e. The number of nitrogens with one attached hydrogen (secondary N) is 2. The maximum Gasteiger partial charge on any atom is 0.220 e. The summed E-state index contributed by atoms with van der Waals surface area (Å²) < 4.78 is 15.9. The van der Waals surface area contributed by atoms with E-state index in [0.29, 0.717) is 36.3 Å². The summed E-state index contributed by atoms with van der Waals surface area (Å²) in [5.74, 6) is 1.79. The maximum atomic E-state index is 12.0. The van der Waals surface area contributed by atoms with E-state index in [9.17, 15) is 4.79 Å². The van der Waals surface area contributed by atoms with Gasteiger partial charge in [-0.2, -0.15) is 0 Å². The van der Waals surface area contributed by atoms with Crippen molar-refractivity contribution in [2.75, 3.05) is 27.9 Å². The lowest BCUT2D eigenvalue weighted by Gasteiger charge is -2.15. The van der Waals surface area contributed by atoms with Gasteiger partial charge >= 0.3 is 0 Å². The Morgan fingerprint density at radius 3 is 2.43 bits per heavy atom. The van der Waals surface area contributed by atoms with Crippen LogP contribution in [0.2, 0.25) is 0 Å². The Labute approximate surface area is 137 Å². The molecule has 2 rings (SSSR count). The first-order valence-electron chi connectivity index (χ1n) is 7.97. The van der Waals surface area contributed by atoms with Crippen LogP contribution in [-0.4, -0.2) is 39.8 Å². The van der Waals surface area contributed by atoms with Gasteiger partial charge in [0, 0.05) is 19.0 Å². The van der Waals surface area contributed by atoms with Crippen LogP contribution in [0.1, 0.15) is 31.2 Å². The lowest BCUT2D eigenvalue weighted by molar-refractivity contribution is -0.121. The van der Waals surface area contributed by atoms with Gasteiger partial charge in [-0.25, -0.2) is 0 Å². The third kappa shape index (κ3) is 4.76. The molecule has 0 spiro atoms. The fraction of sp³-hybridized carbons (Fsp3) is 0.588. The molecule has 6 nitrogen and oxygen atoms in total. The third-order valence-electron chi connectivity index (χ3n) is 4.10. The fourth-order valence-corrected chi connectivity index (χ4v) is 2.83. The Bertz CT molecular complexity index is 502. The molecule has 1 aromatic carbocycles. The van der Waals surface area contributed by atoms with Crippen molar-refractivity contribution in [1.82, 2.24) is 10.6 Å². The zero-order valence-corrected chi connectivity index (χ0v) is 14.1. The van der Waals surface area contributed by atoms with E-state index in [4.69, 9.17) is 14.2 Å². The lowest BCUT2D eigenvalue weighted by Crippen LogP contribution is -2.27. The van der Waals surface area contributed by atoms with Crippen molar-refractivity contribution >= 4 is 5.91 Å². The van der Waals surface area contributed by atoms with E-state index in [1.54, 1.807) is 21.3 Å². The molecule has 0 aromatic heterocycles. The standard InChI is InChI=1S/C17H26N2O4/c1-21-14-9-12(10-15(22-2)17(14)23-3)11-19-16(20)7-6-13-5-4-8-18-13/h9-10,13,18H,4-8,11H2,1-3H3,(H,19,20). The van der Waals surface area contributed by atoms with Crippen molar-refractivity contribution in [3.05, 3.63) is 17.7 Å². The molecule has 23 heavy (non-hydrogen) atoms. The molecular formula is C17H26N2O4. The van der Waals surface area contributed by atoms with Crippen molar-refractivity contribution in [3.8, 4) is 17.2 Å². The minimum atomic E-state index is 0.0625. The van der Waals surface area contributed by atoms with Crippen LogP contribution in [0.3, 0.4) is 0 Å². The number of carbonyl (C=O) groups is 1. The topological polar surface area (TPSA) is 68.8 Å². The van der Waals surface area contributed by atoms with E-state index in [1.807, 2.05) is 12.1 Å². The summed E-state index contributed by atoms with van der Waals surface area (Å²) in [6.07, 6.45) is 3.81.